The van der Waals surface area contributed by atoms with Crippen molar-refractivity contribution in [2.24, 2.45) is 11.7 Å². The molecule has 2 heterocycles. The van der Waals surface area contributed by atoms with Crippen LogP contribution in [0.1, 0.15) is 12.8 Å². The number of carbonyl (C=O) groups excluding carboxylic acids is 1. The van der Waals surface area contributed by atoms with E-state index >= 15 is 0 Å². The summed E-state index contributed by atoms with van der Waals surface area (Å²) >= 11 is 0. The minimum atomic E-state index is -0.540. The molecule has 20 heavy (non-hydrogen) atoms. The van der Waals surface area contributed by atoms with E-state index in [1.54, 1.807) is 0 Å². The molecule has 3 rings (SSSR count). The number of para-hydroxylation sites is 2. The van der Waals surface area contributed by atoms with Crippen molar-refractivity contribution in [1.82, 2.24) is 4.90 Å². The van der Waals surface area contributed by atoms with Gasteiger partial charge in [0.2, 0.25) is 6.10 Å². The van der Waals surface area contributed by atoms with Crippen molar-refractivity contribution in [2.45, 2.75) is 18.9 Å². The Morgan fingerprint density at radius 1 is 1.35 bits per heavy atom. The van der Waals surface area contributed by atoms with Gasteiger partial charge >= 0.3 is 0 Å². The summed E-state index contributed by atoms with van der Waals surface area (Å²) in [7, 11) is 0. The van der Waals surface area contributed by atoms with Gasteiger partial charge in [-0.2, -0.15) is 0 Å². The Balaban J connectivity index is 1.67. The lowest BCUT2D eigenvalue weighted by Gasteiger charge is -2.35. The number of ether oxygens (including phenoxy) is 2. The van der Waals surface area contributed by atoms with Crippen molar-refractivity contribution in [3.05, 3.63) is 24.3 Å². The van der Waals surface area contributed by atoms with Gasteiger partial charge < -0.3 is 20.1 Å². The van der Waals surface area contributed by atoms with Crippen LogP contribution in [0.4, 0.5) is 0 Å². The van der Waals surface area contributed by atoms with E-state index in [-0.39, 0.29) is 12.5 Å². The number of hydrogen-bond donors (Lipinski definition) is 1. The molecule has 108 valence electrons. The van der Waals surface area contributed by atoms with Gasteiger partial charge in [0.05, 0.1) is 0 Å². The lowest BCUT2D eigenvalue weighted by atomic mass is 9.98. The minimum Gasteiger partial charge on any atom is -0.485 e. The highest BCUT2D eigenvalue weighted by atomic mass is 16.6. The molecule has 1 aromatic rings. The van der Waals surface area contributed by atoms with Crippen molar-refractivity contribution in [3.8, 4) is 11.5 Å². The highest BCUT2D eigenvalue weighted by molar-refractivity contribution is 5.82. The Labute approximate surface area is 118 Å². The molecule has 1 amide bonds. The molecule has 0 aromatic heterocycles. The summed E-state index contributed by atoms with van der Waals surface area (Å²) in [5, 5.41) is 0. The summed E-state index contributed by atoms with van der Waals surface area (Å²) < 4.78 is 11.4. The number of carbonyl (C=O) groups is 1. The quantitative estimate of drug-likeness (QED) is 0.876. The molecule has 2 N–H and O–H groups in total. The topological polar surface area (TPSA) is 64.8 Å². The van der Waals surface area contributed by atoms with E-state index < -0.39 is 6.10 Å². The van der Waals surface area contributed by atoms with E-state index in [4.69, 9.17) is 15.2 Å². The molecule has 0 unspecified atom stereocenters. The molecule has 0 bridgehead atoms. The SMILES string of the molecule is NC[C@H]1CCCN(C(=O)[C@H]2COc3ccccc3O2)C1. The molecule has 2 aliphatic rings. The summed E-state index contributed by atoms with van der Waals surface area (Å²) in [5.41, 5.74) is 5.71. The van der Waals surface area contributed by atoms with E-state index in [9.17, 15) is 4.79 Å². The lowest BCUT2D eigenvalue weighted by molar-refractivity contribution is -0.143. The molecule has 0 spiro atoms. The van der Waals surface area contributed by atoms with Crippen LogP contribution < -0.4 is 15.2 Å². The summed E-state index contributed by atoms with van der Waals surface area (Å²) in [5.74, 6) is 1.77. The minimum absolute atomic E-state index is 0.0117. The zero-order valence-corrected chi connectivity index (χ0v) is 11.5. The fraction of sp³-hybridized carbons (Fsp3) is 0.533. The van der Waals surface area contributed by atoms with E-state index in [1.807, 2.05) is 29.2 Å². The van der Waals surface area contributed by atoms with Crippen LogP contribution in [0.3, 0.4) is 0 Å². The van der Waals surface area contributed by atoms with E-state index in [0.717, 1.165) is 25.9 Å². The molecule has 1 aromatic carbocycles. The third-order valence-electron chi connectivity index (χ3n) is 3.95. The molecule has 0 radical (unpaired) electrons. The molecule has 1 fully saturated rings. The summed E-state index contributed by atoms with van der Waals surface area (Å²) in [6, 6.07) is 7.44. The maximum Gasteiger partial charge on any atom is 0.267 e. The summed E-state index contributed by atoms with van der Waals surface area (Å²) in [4.78, 5) is 14.4. The second-order valence-corrected chi connectivity index (χ2v) is 5.39. The Kier molecular flexibility index (Phi) is 3.78. The number of rotatable bonds is 2. The Hall–Kier alpha value is -1.75. The van der Waals surface area contributed by atoms with Gasteiger partial charge in [-0.25, -0.2) is 0 Å². The third-order valence-corrected chi connectivity index (χ3v) is 3.95. The van der Waals surface area contributed by atoms with Gasteiger partial charge in [0.1, 0.15) is 6.61 Å². The molecule has 0 saturated carbocycles. The number of nitrogens with zero attached hydrogens (tertiary/aromatic N) is 1. The van der Waals surface area contributed by atoms with Gasteiger partial charge in [-0.15, -0.1) is 0 Å². The van der Waals surface area contributed by atoms with E-state index in [2.05, 4.69) is 0 Å². The van der Waals surface area contributed by atoms with Crippen molar-refractivity contribution < 1.29 is 14.3 Å². The van der Waals surface area contributed by atoms with Crippen molar-refractivity contribution in [1.29, 1.82) is 0 Å². The first-order chi connectivity index (χ1) is 9.78. The van der Waals surface area contributed by atoms with Crippen LogP contribution >= 0.6 is 0 Å². The van der Waals surface area contributed by atoms with Crippen LogP contribution in [0.15, 0.2) is 24.3 Å². The predicted molar refractivity (Wildman–Crippen MR) is 74.7 cm³/mol. The fourth-order valence-corrected chi connectivity index (χ4v) is 2.80. The second-order valence-electron chi connectivity index (χ2n) is 5.39. The molecule has 2 aliphatic heterocycles. The third kappa shape index (κ3) is 2.58. The number of benzene rings is 1. The van der Waals surface area contributed by atoms with Crippen molar-refractivity contribution in [2.75, 3.05) is 26.2 Å². The van der Waals surface area contributed by atoms with Gasteiger partial charge in [-0.05, 0) is 37.4 Å². The number of nitrogens with two attached hydrogens (primary N) is 1. The van der Waals surface area contributed by atoms with Gasteiger partial charge in [0.25, 0.3) is 5.91 Å². The van der Waals surface area contributed by atoms with Gasteiger partial charge in [-0.3, -0.25) is 4.79 Å². The fourth-order valence-electron chi connectivity index (χ4n) is 2.80. The Bertz CT molecular complexity index is 492. The zero-order valence-electron chi connectivity index (χ0n) is 11.5. The van der Waals surface area contributed by atoms with Crippen LogP contribution in [0, 0.1) is 5.92 Å². The number of amides is 1. The molecular weight excluding hydrogens is 256 g/mol. The Morgan fingerprint density at radius 3 is 2.95 bits per heavy atom. The maximum absolute atomic E-state index is 12.5. The molecule has 5 nitrogen and oxygen atoms in total. The van der Waals surface area contributed by atoms with Crippen LogP contribution in [-0.4, -0.2) is 43.2 Å². The number of hydrogen-bond acceptors (Lipinski definition) is 4. The second kappa shape index (κ2) is 5.71. The highest BCUT2D eigenvalue weighted by Gasteiger charge is 2.33. The predicted octanol–water partition coefficient (Wildman–Crippen LogP) is 1.02. The molecule has 0 aliphatic carbocycles. The van der Waals surface area contributed by atoms with E-state index in [1.165, 1.54) is 0 Å². The van der Waals surface area contributed by atoms with Crippen LogP contribution in [0.25, 0.3) is 0 Å². The van der Waals surface area contributed by atoms with E-state index in [0.29, 0.717) is 24.0 Å². The maximum atomic E-state index is 12.5. The van der Waals surface area contributed by atoms with Crippen molar-refractivity contribution in [3.63, 3.8) is 0 Å². The Morgan fingerprint density at radius 2 is 2.15 bits per heavy atom. The molecule has 5 heteroatoms. The molecular formula is C15H20N2O3. The first kappa shape index (κ1) is 13.2. The normalized spacial score (nSPS) is 25.4. The number of piperidine rings is 1. The monoisotopic (exact) mass is 276 g/mol. The van der Waals surface area contributed by atoms with Crippen molar-refractivity contribution >= 4 is 5.91 Å². The van der Waals surface area contributed by atoms with Gasteiger partial charge in [-0.1, -0.05) is 12.1 Å². The largest absolute Gasteiger partial charge is 0.485 e. The van der Waals surface area contributed by atoms with Crippen LogP contribution in [0.2, 0.25) is 0 Å². The summed E-state index contributed by atoms with van der Waals surface area (Å²) in [6.45, 7) is 2.43. The standard InChI is InChI=1S/C15H20N2O3/c16-8-11-4-3-7-17(9-11)15(18)14-10-19-12-5-1-2-6-13(12)20-14/h1-2,5-6,11,14H,3-4,7-10,16H2/t11-,14-/m1/s1. The van der Waals surface area contributed by atoms with Gasteiger partial charge in [0, 0.05) is 13.1 Å². The molecule has 2 atom stereocenters. The van der Waals surface area contributed by atoms with Crippen LogP contribution in [-0.2, 0) is 4.79 Å². The highest BCUT2D eigenvalue weighted by Crippen LogP contribution is 2.31. The zero-order chi connectivity index (χ0) is 13.9. The first-order valence-electron chi connectivity index (χ1n) is 7.15. The summed E-state index contributed by atoms with van der Waals surface area (Å²) in [6.07, 6.45) is 1.57. The average molecular weight is 276 g/mol. The smallest absolute Gasteiger partial charge is 0.267 e. The lowest BCUT2D eigenvalue weighted by Crippen LogP contribution is -2.50. The molecule has 1 saturated heterocycles. The number of likely N-dealkylation sites (tertiary alicyclic amines) is 1. The first-order valence-corrected chi connectivity index (χ1v) is 7.15. The van der Waals surface area contributed by atoms with Gasteiger partial charge in [0.15, 0.2) is 11.5 Å². The average Bonchev–Trinajstić information content (AvgIpc) is 2.53. The van der Waals surface area contributed by atoms with Crippen LogP contribution in [0.5, 0.6) is 11.5 Å². The number of fused-ring (bicyclic) bond motifs is 1.